The van der Waals surface area contributed by atoms with E-state index in [1.54, 1.807) is 48.5 Å². The molecular weight excluding hydrogens is 366 g/mol. The van der Waals surface area contributed by atoms with Gasteiger partial charge in [-0.1, -0.05) is 51.1 Å². The van der Waals surface area contributed by atoms with Crippen LogP contribution in [0.3, 0.4) is 0 Å². The summed E-state index contributed by atoms with van der Waals surface area (Å²) in [7, 11) is 0. The average molecular weight is 398 g/mol. The molecule has 0 heterocycles. The lowest BCUT2D eigenvalue weighted by Crippen LogP contribution is -2.08. The van der Waals surface area contributed by atoms with Crippen molar-refractivity contribution in [2.24, 2.45) is 5.16 Å². The fourth-order valence-electron chi connectivity index (χ4n) is 2.97. The Bertz CT molecular complexity index is 766. The molecule has 0 atom stereocenters. The van der Waals surface area contributed by atoms with Gasteiger partial charge in [-0.3, -0.25) is 0 Å². The fraction of sp³-hybridized carbons (Fsp3) is 0.417. The lowest BCUT2D eigenvalue weighted by molar-refractivity contribution is 0.0734. The van der Waals surface area contributed by atoms with Crippen LogP contribution >= 0.6 is 0 Å². The highest BCUT2D eigenvalue weighted by Crippen LogP contribution is 2.18. The number of oxime groups is 1. The Balaban J connectivity index is 1.79. The van der Waals surface area contributed by atoms with Crippen molar-refractivity contribution in [1.82, 2.24) is 0 Å². The van der Waals surface area contributed by atoms with Crippen LogP contribution in [0.5, 0.6) is 11.5 Å². The van der Waals surface area contributed by atoms with Gasteiger partial charge < -0.3 is 14.7 Å². The monoisotopic (exact) mass is 397 g/mol. The molecule has 0 saturated carbocycles. The predicted octanol–water partition coefficient (Wildman–Crippen LogP) is 6.23. The fourth-order valence-corrected chi connectivity index (χ4v) is 2.97. The number of carbonyl (C=O) groups is 1. The number of ether oxygens (including phenoxy) is 2. The van der Waals surface area contributed by atoms with Crippen LogP contribution in [0.25, 0.3) is 0 Å². The summed E-state index contributed by atoms with van der Waals surface area (Å²) < 4.78 is 11.1. The van der Waals surface area contributed by atoms with Gasteiger partial charge in [-0.25, -0.2) is 4.79 Å². The maximum atomic E-state index is 12.3. The zero-order valence-corrected chi connectivity index (χ0v) is 17.4. The minimum Gasteiger partial charge on any atom is -0.494 e. The largest absolute Gasteiger partial charge is 0.494 e. The van der Waals surface area contributed by atoms with Gasteiger partial charge in [0.25, 0.3) is 0 Å². The lowest BCUT2D eigenvalue weighted by Gasteiger charge is -2.08. The molecule has 2 rings (SSSR count). The van der Waals surface area contributed by atoms with Crippen molar-refractivity contribution in [3.63, 3.8) is 0 Å². The van der Waals surface area contributed by atoms with Gasteiger partial charge in [0.1, 0.15) is 11.5 Å². The smallest absolute Gasteiger partial charge is 0.343 e. The van der Waals surface area contributed by atoms with E-state index in [0.29, 0.717) is 30.1 Å². The van der Waals surface area contributed by atoms with E-state index >= 15 is 0 Å². The third-order valence-corrected chi connectivity index (χ3v) is 4.71. The molecule has 156 valence electrons. The predicted molar refractivity (Wildman–Crippen MR) is 115 cm³/mol. The van der Waals surface area contributed by atoms with Gasteiger partial charge in [-0.15, -0.1) is 0 Å². The highest BCUT2D eigenvalue weighted by Gasteiger charge is 2.10. The van der Waals surface area contributed by atoms with Gasteiger partial charge in [0, 0.05) is 0 Å². The molecule has 29 heavy (non-hydrogen) atoms. The van der Waals surface area contributed by atoms with Gasteiger partial charge in [-0.2, -0.15) is 0 Å². The van der Waals surface area contributed by atoms with Crippen LogP contribution in [0.15, 0.2) is 53.7 Å². The summed E-state index contributed by atoms with van der Waals surface area (Å²) in [6.07, 6.45) is 7.97. The number of rotatable bonds is 12. The first-order chi connectivity index (χ1) is 14.2. The van der Waals surface area contributed by atoms with E-state index in [1.807, 2.05) is 6.92 Å². The molecule has 0 radical (unpaired) electrons. The molecule has 1 N–H and O–H groups in total. The molecule has 0 unspecified atom stereocenters. The van der Waals surface area contributed by atoms with Crippen LogP contribution in [-0.4, -0.2) is 23.5 Å². The Kier molecular flexibility index (Phi) is 9.76. The van der Waals surface area contributed by atoms with Crippen molar-refractivity contribution in [2.75, 3.05) is 6.61 Å². The standard InChI is InChI=1S/C24H31NO4/c1-3-5-6-7-8-9-18-28-21-14-12-20(13-15-21)24(26)29-22-16-10-19(11-17-22)23(4-2)25-27/h10-17,27H,3-9,18H2,1-2H3/b25-23+. The minimum atomic E-state index is -0.424. The van der Waals surface area contributed by atoms with E-state index in [0.717, 1.165) is 17.7 Å². The zero-order valence-electron chi connectivity index (χ0n) is 17.4. The summed E-state index contributed by atoms with van der Waals surface area (Å²) in [4.78, 5) is 12.3. The van der Waals surface area contributed by atoms with Crippen molar-refractivity contribution in [3.05, 3.63) is 59.7 Å². The first-order valence-corrected chi connectivity index (χ1v) is 10.4. The highest BCUT2D eigenvalue weighted by atomic mass is 16.5. The van der Waals surface area contributed by atoms with Crippen molar-refractivity contribution >= 4 is 11.7 Å². The molecule has 0 amide bonds. The maximum absolute atomic E-state index is 12.3. The number of hydrogen-bond donors (Lipinski definition) is 1. The van der Waals surface area contributed by atoms with Crippen LogP contribution in [0.1, 0.15) is 74.7 Å². The summed E-state index contributed by atoms with van der Waals surface area (Å²) in [6, 6.07) is 13.9. The summed E-state index contributed by atoms with van der Waals surface area (Å²) in [5, 5.41) is 12.2. The Morgan fingerprint density at radius 2 is 1.41 bits per heavy atom. The molecule has 5 nitrogen and oxygen atoms in total. The number of hydrogen-bond acceptors (Lipinski definition) is 5. The number of esters is 1. The van der Waals surface area contributed by atoms with E-state index in [9.17, 15) is 4.79 Å². The van der Waals surface area contributed by atoms with E-state index < -0.39 is 5.97 Å². The van der Waals surface area contributed by atoms with Gasteiger partial charge in [0.05, 0.1) is 17.9 Å². The number of nitrogens with zero attached hydrogens (tertiary/aromatic N) is 1. The first kappa shape index (κ1) is 22.5. The molecule has 0 aliphatic heterocycles. The van der Waals surface area contributed by atoms with Gasteiger partial charge in [0.15, 0.2) is 0 Å². The topological polar surface area (TPSA) is 68.1 Å². The molecule has 0 bridgehead atoms. The summed E-state index contributed by atoms with van der Waals surface area (Å²) in [5.41, 5.74) is 1.84. The number of benzene rings is 2. The minimum absolute atomic E-state index is 0.424. The van der Waals surface area contributed by atoms with Crippen molar-refractivity contribution in [2.45, 2.75) is 58.8 Å². The molecule has 0 aliphatic carbocycles. The molecule has 2 aromatic rings. The molecule has 5 heteroatoms. The maximum Gasteiger partial charge on any atom is 0.343 e. The van der Waals surface area contributed by atoms with Crippen LogP contribution in [0, 0.1) is 0 Å². The second-order valence-corrected chi connectivity index (χ2v) is 6.95. The SMILES string of the molecule is CCCCCCCCOc1ccc(C(=O)Oc2ccc(/C(CC)=N/O)cc2)cc1. The zero-order chi connectivity index (χ0) is 20.9. The third-order valence-electron chi connectivity index (χ3n) is 4.71. The molecule has 0 spiro atoms. The van der Waals surface area contributed by atoms with Crippen molar-refractivity contribution < 1.29 is 19.5 Å². The lowest BCUT2D eigenvalue weighted by atomic mass is 10.1. The Morgan fingerprint density at radius 3 is 2.03 bits per heavy atom. The Hall–Kier alpha value is -2.82. The van der Waals surface area contributed by atoms with Gasteiger partial charge in [-0.05, 0) is 66.9 Å². The van der Waals surface area contributed by atoms with Gasteiger partial charge >= 0.3 is 5.97 Å². The Morgan fingerprint density at radius 1 is 0.828 bits per heavy atom. The number of unbranched alkanes of at least 4 members (excludes halogenated alkanes) is 5. The second kappa shape index (κ2) is 12.6. The van der Waals surface area contributed by atoms with Crippen LogP contribution in [0.2, 0.25) is 0 Å². The molecular formula is C24H31NO4. The van der Waals surface area contributed by atoms with Crippen LogP contribution in [0.4, 0.5) is 0 Å². The van der Waals surface area contributed by atoms with Crippen LogP contribution in [-0.2, 0) is 0 Å². The molecule has 2 aromatic carbocycles. The summed E-state index contributed by atoms with van der Waals surface area (Å²) in [5.74, 6) is 0.775. The quantitative estimate of drug-likeness (QED) is 0.115. The molecule has 0 aromatic heterocycles. The Labute approximate surface area is 173 Å². The number of carbonyl (C=O) groups excluding carboxylic acids is 1. The van der Waals surface area contributed by atoms with Crippen molar-refractivity contribution in [3.8, 4) is 11.5 Å². The van der Waals surface area contributed by atoms with Crippen molar-refractivity contribution in [1.29, 1.82) is 0 Å². The second-order valence-electron chi connectivity index (χ2n) is 6.95. The summed E-state index contributed by atoms with van der Waals surface area (Å²) >= 11 is 0. The molecule has 0 aliphatic rings. The van der Waals surface area contributed by atoms with E-state index in [-0.39, 0.29) is 0 Å². The summed E-state index contributed by atoms with van der Waals surface area (Å²) in [6.45, 7) is 4.82. The van der Waals surface area contributed by atoms with E-state index in [2.05, 4.69) is 12.1 Å². The first-order valence-electron chi connectivity index (χ1n) is 10.4. The van der Waals surface area contributed by atoms with E-state index in [1.165, 1.54) is 32.1 Å². The van der Waals surface area contributed by atoms with Crippen LogP contribution < -0.4 is 9.47 Å². The highest BCUT2D eigenvalue weighted by molar-refractivity contribution is 6.00. The molecule has 0 fully saturated rings. The normalized spacial score (nSPS) is 11.3. The third kappa shape index (κ3) is 7.60. The molecule has 0 saturated heterocycles. The average Bonchev–Trinajstić information content (AvgIpc) is 2.75. The van der Waals surface area contributed by atoms with E-state index in [4.69, 9.17) is 14.7 Å². The van der Waals surface area contributed by atoms with Gasteiger partial charge in [0.2, 0.25) is 0 Å².